The van der Waals surface area contributed by atoms with Gasteiger partial charge in [-0.25, -0.2) is 4.79 Å². The molecule has 0 radical (unpaired) electrons. The zero-order valence-corrected chi connectivity index (χ0v) is 20.6. The molecule has 2 aliphatic carbocycles. The summed E-state index contributed by atoms with van der Waals surface area (Å²) in [6.07, 6.45) is 4.73. The number of nitrogens with zero attached hydrogens (tertiary/aromatic N) is 1. The van der Waals surface area contributed by atoms with E-state index in [2.05, 4.69) is 59.6 Å². The Balaban J connectivity index is 1.61. The lowest BCUT2D eigenvalue weighted by Crippen LogP contribution is -2.50. The highest BCUT2D eigenvalue weighted by Gasteiger charge is 2.51. The first-order valence-corrected chi connectivity index (χ1v) is 12.3. The monoisotopic (exact) mass is 460 g/mol. The zero-order valence-electron chi connectivity index (χ0n) is 20.6. The van der Waals surface area contributed by atoms with Crippen LogP contribution in [0, 0.1) is 17.8 Å². The van der Waals surface area contributed by atoms with Crippen LogP contribution in [-0.4, -0.2) is 48.9 Å². The summed E-state index contributed by atoms with van der Waals surface area (Å²) in [5, 5.41) is 14.0. The van der Waals surface area contributed by atoms with E-state index in [0.717, 1.165) is 31.4 Å². The second-order valence-corrected chi connectivity index (χ2v) is 10.1. The second kappa shape index (κ2) is 10.2. The minimum Gasteiger partial charge on any atom is -0.448 e. The fraction of sp³-hybridized carbons (Fsp3) is 0.483. The Morgan fingerprint density at radius 1 is 1.21 bits per heavy atom. The van der Waals surface area contributed by atoms with Gasteiger partial charge in [-0.3, -0.25) is 5.32 Å². The first-order chi connectivity index (χ1) is 16.3. The quantitative estimate of drug-likeness (QED) is 0.609. The third kappa shape index (κ3) is 5.29. The van der Waals surface area contributed by atoms with Crippen LogP contribution in [0.5, 0.6) is 0 Å². The van der Waals surface area contributed by atoms with Crippen LogP contribution in [-0.2, 0) is 23.0 Å². The van der Waals surface area contributed by atoms with Crippen LogP contribution in [0.3, 0.4) is 0 Å². The minimum atomic E-state index is -0.894. The standard InChI is InChI=1S/C29H36N2O3/c1-4-14-28(33)15-16-29(20-22-8-6-5-7-9-22)24(21-28)11-10-23-19-25(12-13-26(23)29)30-27(32)34-18-17-31(2)3/h5-9,12-13,19,24,33H,10-11,15-18,20-21H2,1-3H3,(H,30,32)/t24-,28-,29+/m1/s1. The number of carbonyl (C=O) groups excluding carboxylic acids is 1. The van der Waals surface area contributed by atoms with Gasteiger partial charge in [0.1, 0.15) is 12.2 Å². The SMILES string of the molecule is CC#C[C@@]1(O)CC[C@@]2(Cc3ccccc3)c3ccc(NC(=O)OCCN(C)C)cc3CC[C@@H]2C1. The number of rotatable bonds is 6. The molecule has 1 fully saturated rings. The molecule has 2 N–H and O–H groups in total. The highest BCUT2D eigenvalue weighted by molar-refractivity contribution is 5.84. The van der Waals surface area contributed by atoms with Crippen LogP contribution in [0.4, 0.5) is 10.5 Å². The van der Waals surface area contributed by atoms with Crippen molar-refractivity contribution in [1.82, 2.24) is 4.90 Å². The van der Waals surface area contributed by atoms with Gasteiger partial charge < -0.3 is 14.7 Å². The maximum atomic E-state index is 12.2. The number of nitrogens with one attached hydrogen (secondary N) is 1. The van der Waals surface area contributed by atoms with Crippen LogP contribution in [0.15, 0.2) is 48.5 Å². The predicted octanol–water partition coefficient (Wildman–Crippen LogP) is 4.78. The molecule has 3 atom stereocenters. The van der Waals surface area contributed by atoms with Crippen LogP contribution >= 0.6 is 0 Å². The third-order valence-electron chi connectivity index (χ3n) is 7.49. The Bertz CT molecular complexity index is 1070. The molecular formula is C29H36N2O3. The number of ether oxygens (including phenoxy) is 1. The third-order valence-corrected chi connectivity index (χ3v) is 7.49. The topological polar surface area (TPSA) is 61.8 Å². The van der Waals surface area contributed by atoms with E-state index < -0.39 is 11.7 Å². The van der Waals surface area contributed by atoms with Crippen molar-refractivity contribution in [3.05, 3.63) is 65.2 Å². The van der Waals surface area contributed by atoms with Gasteiger partial charge in [0.25, 0.3) is 0 Å². The number of benzene rings is 2. The Labute approximate surface area is 203 Å². The summed E-state index contributed by atoms with van der Waals surface area (Å²) in [7, 11) is 3.90. The Morgan fingerprint density at radius 3 is 2.74 bits per heavy atom. The molecule has 2 aromatic rings. The molecule has 0 aromatic heterocycles. The molecule has 5 heteroatoms. The van der Waals surface area contributed by atoms with E-state index >= 15 is 0 Å². The van der Waals surface area contributed by atoms with Crippen molar-refractivity contribution >= 4 is 11.8 Å². The molecular weight excluding hydrogens is 424 g/mol. The number of carbonyl (C=O) groups is 1. The minimum absolute atomic E-state index is 0.0403. The number of hydrogen-bond donors (Lipinski definition) is 2. The smallest absolute Gasteiger partial charge is 0.411 e. The summed E-state index contributed by atoms with van der Waals surface area (Å²) in [5.74, 6) is 6.40. The Morgan fingerprint density at radius 2 is 2.00 bits per heavy atom. The van der Waals surface area contributed by atoms with E-state index in [1.807, 2.05) is 25.1 Å². The van der Waals surface area contributed by atoms with Crippen molar-refractivity contribution in [1.29, 1.82) is 0 Å². The summed E-state index contributed by atoms with van der Waals surface area (Å²) in [6, 6.07) is 16.9. The van der Waals surface area contributed by atoms with Gasteiger partial charge in [-0.2, -0.15) is 0 Å². The number of aliphatic hydroxyl groups is 1. The van der Waals surface area contributed by atoms with Crippen molar-refractivity contribution < 1.29 is 14.6 Å². The van der Waals surface area contributed by atoms with Gasteiger partial charge in [-0.1, -0.05) is 42.3 Å². The largest absolute Gasteiger partial charge is 0.448 e. The number of anilines is 1. The van der Waals surface area contributed by atoms with Crippen molar-refractivity contribution in [3.8, 4) is 11.8 Å². The molecule has 2 aromatic carbocycles. The van der Waals surface area contributed by atoms with Crippen LogP contribution < -0.4 is 5.32 Å². The van der Waals surface area contributed by atoms with Crippen LogP contribution in [0.25, 0.3) is 0 Å². The first kappa shape index (κ1) is 24.3. The van der Waals surface area contributed by atoms with Crippen molar-refractivity contribution in [3.63, 3.8) is 0 Å². The molecule has 34 heavy (non-hydrogen) atoms. The molecule has 1 saturated carbocycles. The van der Waals surface area contributed by atoms with E-state index in [1.165, 1.54) is 16.7 Å². The summed E-state index contributed by atoms with van der Waals surface area (Å²) in [4.78, 5) is 14.2. The maximum Gasteiger partial charge on any atom is 0.411 e. The molecule has 5 nitrogen and oxygen atoms in total. The van der Waals surface area contributed by atoms with Gasteiger partial charge in [0, 0.05) is 17.6 Å². The molecule has 0 unspecified atom stereocenters. The first-order valence-electron chi connectivity index (χ1n) is 12.3. The van der Waals surface area contributed by atoms with Gasteiger partial charge in [0.15, 0.2) is 0 Å². The number of likely N-dealkylation sites (N-methyl/N-ethyl adjacent to an activating group) is 1. The molecule has 0 aliphatic heterocycles. The molecule has 0 saturated heterocycles. The summed E-state index contributed by atoms with van der Waals surface area (Å²) >= 11 is 0. The normalized spacial score (nSPS) is 25.5. The molecule has 4 rings (SSSR count). The lowest BCUT2D eigenvalue weighted by molar-refractivity contribution is -0.00800. The fourth-order valence-corrected chi connectivity index (χ4v) is 5.87. The Hall–Kier alpha value is -2.81. The molecule has 2 aliphatic rings. The van der Waals surface area contributed by atoms with Crippen LogP contribution in [0.2, 0.25) is 0 Å². The van der Waals surface area contributed by atoms with Crippen LogP contribution in [0.1, 0.15) is 49.3 Å². The van der Waals surface area contributed by atoms with Gasteiger partial charge >= 0.3 is 6.09 Å². The molecule has 1 amide bonds. The summed E-state index contributed by atoms with van der Waals surface area (Å²) in [6.45, 7) is 2.85. The van der Waals surface area contributed by atoms with Gasteiger partial charge in [0.2, 0.25) is 0 Å². The lowest BCUT2D eigenvalue weighted by atomic mass is 9.52. The predicted molar refractivity (Wildman–Crippen MR) is 136 cm³/mol. The van der Waals surface area contributed by atoms with E-state index in [9.17, 15) is 9.90 Å². The maximum absolute atomic E-state index is 12.2. The van der Waals surface area contributed by atoms with Crippen molar-refractivity contribution in [2.75, 3.05) is 32.6 Å². The average Bonchev–Trinajstić information content (AvgIpc) is 2.80. The van der Waals surface area contributed by atoms with E-state index in [0.29, 0.717) is 31.9 Å². The number of amides is 1. The number of fused-ring (bicyclic) bond motifs is 3. The number of hydrogen-bond acceptors (Lipinski definition) is 4. The molecule has 0 spiro atoms. The average molecular weight is 461 g/mol. The summed E-state index contributed by atoms with van der Waals surface area (Å²) in [5.41, 5.74) is 3.79. The van der Waals surface area contributed by atoms with E-state index in [-0.39, 0.29) is 5.41 Å². The second-order valence-electron chi connectivity index (χ2n) is 10.1. The summed E-state index contributed by atoms with van der Waals surface area (Å²) < 4.78 is 5.30. The fourth-order valence-electron chi connectivity index (χ4n) is 5.87. The van der Waals surface area contributed by atoms with Gasteiger partial charge in [0.05, 0.1) is 0 Å². The van der Waals surface area contributed by atoms with Crippen molar-refractivity contribution in [2.45, 2.75) is 56.5 Å². The Kier molecular flexibility index (Phi) is 7.30. The van der Waals surface area contributed by atoms with E-state index in [1.54, 1.807) is 6.92 Å². The molecule has 0 heterocycles. The van der Waals surface area contributed by atoms with Gasteiger partial charge in [-0.15, -0.1) is 5.92 Å². The highest BCUT2D eigenvalue weighted by Crippen LogP contribution is 2.54. The number of aryl methyl sites for hydroxylation is 1. The van der Waals surface area contributed by atoms with Crippen molar-refractivity contribution in [2.24, 2.45) is 5.92 Å². The highest BCUT2D eigenvalue weighted by atomic mass is 16.5. The molecule has 0 bridgehead atoms. The van der Waals surface area contributed by atoms with Gasteiger partial charge in [-0.05, 0) is 94.3 Å². The lowest BCUT2D eigenvalue weighted by Gasteiger charge is -2.52. The zero-order chi connectivity index (χ0) is 24.2. The molecule has 180 valence electrons. The van der Waals surface area contributed by atoms with E-state index in [4.69, 9.17) is 4.74 Å².